The zero-order valence-electron chi connectivity index (χ0n) is 12.5. The number of likely N-dealkylation sites (N-methyl/N-ethyl adjacent to an activating group) is 1. The first-order valence-electron chi connectivity index (χ1n) is 7.26. The number of ether oxygens (including phenoxy) is 2. The predicted octanol–water partition coefficient (Wildman–Crippen LogP) is 1.85. The molecule has 0 aromatic heterocycles. The molecule has 4 nitrogen and oxygen atoms in total. The molecule has 0 heterocycles. The first-order valence-corrected chi connectivity index (χ1v) is 7.26. The highest BCUT2D eigenvalue weighted by molar-refractivity contribution is 4.94. The van der Waals surface area contributed by atoms with E-state index in [1.807, 2.05) is 13.8 Å². The van der Waals surface area contributed by atoms with Gasteiger partial charge in [-0.05, 0) is 40.8 Å². The van der Waals surface area contributed by atoms with Crippen LogP contribution in [0.4, 0.5) is 0 Å². The molecule has 1 aliphatic rings. The summed E-state index contributed by atoms with van der Waals surface area (Å²) in [7, 11) is 4.38. The lowest BCUT2D eigenvalue weighted by Gasteiger charge is -2.37. The van der Waals surface area contributed by atoms with Crippen LogP contribution in [0.25, 0.3) is 0 Å². The summed E-state index contributed by atoms with van der Waals surface area (Å²) in [5, 5.41) is 3.53. The molecule has 1 saturated carbocycles. The molecule has 18 heavy (non-hydrogen) atoms. The second-order valence-corrected chi connectivity index (χ2v) is 5.30. The highest BCUT2D eigenvalue weighted by Gasteiger charge is 2.35. The van der Waals surface area contributed by atoms with E-state index in [1.54, 1.807) is 0 Å². The van der Waals surface area contributed by atoms with E-state index in [2.05, 4.69) is 24.3 Å². The number of nitrogens with one attached hydrogen (secondary N) is 1. The average Bonchev–Trinajstić information content (AvgIpc) is 2.79. The zero-order valence-corrected chi connectivity index (χ0v) is 12.5. The fourth-order valence-electron chi connectivity index (χ4n) is 2.78. The molecule has 1 N–H and O–H groups in total. The molecule has 0 amide bonds. The van der Waals surface area contributed by atoms with E-state index in [4.69, 9.17) is 9.47 Å². The third-order valence-electron chi connectivity index (χ3n) is 3.95. The van der Waals surface area contributed by atoms with Crippen LogP contribution in [0.15, 0.2) is 0 Å². The molecule has 0 atom stereocenters. The van der Waals surface area contributed by atoms with Gasteiger partial charge in [0.25, 0.3) is 0 Å². The minimum Gasteiger partial charge on any atom is -0.352 e. The van der Waals surface area contributed by atoms with Crippen molar-refractivity contribution >= 4 is 0 Å². The molecule has 0 aliphatic heterocycles. The molecule has 0 bridgehead atoms. The Labute approximate surface area is 112 Å². The Balaban J connectivity index is 2.33. The maximum atomic E-state index is 5.54. The summed E-state index contributed by atoms with van der Waals surface area (Å²) in [6.07, 6.45) is 5.17. The van der Waals surface area contributed by atoms with Crippen molar-refractivity contribution in [3.8, 4) is 0 Å². The van der Waals surface area contributed by atoms with E-state index in [0.29, 0.717) is 18.8 Å². The largest absolute Gasteiger partial charge is 0.352 e. The summed E-state index contributed by atoms with van der Waals surface area (Å²) in [5.74, 6) is 0. The quantitative estimate of drug-likeness (QED) is 0.640. The van der Waals surface area contributed by atoms with Crippen LogP contribution in [0.1, 0.15) is 39.5 Å². The maximum absolute atomic E-state index is 5.54. The van der Waals surface area contributed by atoms with Crippen molar-refractivity contribution in [2.75, 3.05) is 40.4 Å². The Morgan fingerprint density at radius 3 is 2.11 bits per heavy atom. The van der Waals surface area contributed by atoms with Crippen LogP contribution in [0.3, 0.4) is 0 Å². The van der Waals surface area contributed by atoms with Gasteiger partial charge in [0.2, 0.25) is 0 Å². The van der Waals surface area contributed by atoms with Crippen molar-refractivity contribution in [3.05, 3.63) is 0 Å². The normalized spacial score (nSPS) is 19.0. The zero-order chi connectivity index (χ0) is 13.4. The minimum atomic E-state index is -0.111. The van der Waals surface area contributed by atoms with E-state index < -0.39 is 0 Å². The molecule has 1 rings (SSSR count). The number of rotatable bonds is 9. The van der Waals surface area contributed by atoms with Gasteiger partial charge in [-0.2, -0.15) is 0 Å². The van der Waals surface area contributed by atoms with E-state index in [9.17, 15) is 0 Å². The summed E-state index contributed by atoms with van der Waals surface area (Å²) in [6, 6.07) is 0. The lowest BCUT2D eigenvalue weighted by atomic mass is 9.96. The number of hydrogen-bond acceptors (Lipinski definition) is 4. The lowest BCUT2D eigenvalue weighted by Crippen LogP contribution is -2.51. The molecule has 1 fully saturated rings. The van der Waals surface area contributed by atoms with Crippen LogP contribution in [0, 0.1) is 0 Å². The van der Waals surface area contributed by atoms with Crippen molar-refractivity contribution < 1.29 is 9.47 Å². The van der Waals surface area contributed by atoms with Gasteiger partial charge < -0.3 is 19.7 Å². The van der Waals surface area contributed by atoms with E-state index in [1.165, 1.54) is 25.7 Å². The van der Waals surface area contributed by atoms with Crippen molar-refractivity contribution in [1.29, 1.82) is 0 Å². The molecule has 0 unspecified atom stereocenters. The smallest absolute Gasteiger partial charge is 0.169 e. The summed E-state index contributed by atoms with van der Waals surface area (Å²) in [6.45, 7) is 7.21. The predicted molar refractivity (Wildman–Crippen MR) is 74.8 cm³/mol. The van der Waals surface area contributed by atoms with Crippen LogP contribution in [0.2, 0.25) is 0 Å². The summed E-state index contributed by atoms with van der Waals surface area (Å²) in [4.78, 5) is 2.38. The summed E-state index contributed by atoms with van der Waals surface area (Å²) >= 11 is 0. The Morgan fingerprint density at radius 2 is 1.67 bits per heavy atom. The topological polar surface area (TPSA) is 33.7 Å². The van der Waals surface area contributed by atoms with Crippen molar-refractivity contribution in [1.82, 2.24) is 10.2 Å². The maximum Gasteiger partial charge on any atom is 0.169 e. The lowest BCUT2D eigenvalue weighted by molar-refractivity contribution is -0.133. The van der Waals surface area contributed by atoms with E-state index in [-0.39, 0.29) is 6.29 Å². The van der Waals surface area contributed by atoms with Gasteiger partial charge in [-0.25, -0.2) is 0 Å². The molecule has 1 aliphatic carbocycles. The average molecular weight is 258 g/mol. The molecule has 108 valence electrons. The second kappa shape index (κ2) is 8.10. The summed E-state index contributed by atoms with van der Waals surface area (Å²) < 4.78 is 11.1. The summed E-state index contributed by atoms with van der Waals surface area (Å²) in [5.41, 5.74) is 0.336. The van der Waals surface area contributed by atoms with Crippen molar-refractivity contribution in [3.63, 3.8) is 0 Å². The van der Waals surface area contributed by atoms with Crippen LogP contribution in [-0.2, 0) is 9.47 Å². The third kappa shape index (κ3) is 4.50. The van der Waals surface area contributed by atoms with Gasteiger partial charge in [-0.3, -0.25) is 0 Å². The Morgan fingerprint density at radius 1 is 1.11 bits per heavy atom. The van der Waals surface area contributed by atoms with Crippen molar-refractivity contribution in [2.24, 2.45) is 0 Å². The Kier molecular flexibility index (Phi) is 7.15. The van der Waals surface area contributed by atoms with Gasteiger partial charge >= 0.3 is 0 Å². The third-order valence-corrected chi connectivity index (χ3v) is 3.95. The molecule has 4 heteroatoms. The standard InChI is InChI=1S/C14H30N2O2/c1-5-17-13(18-6-2)11-15-12-14(16(3)4)9-7-8-10-14/h13,15H,5-12H2,1-4H3. The van der Waals surface area contributed by atoms with E-state index in [0.717, 1.165) is 13.1 Å². The van der Waals surface area contributed by atoms with Crippen LogP contribution in [0.5, 0.6) is 0 Å². The number of nitrogens with zero attached hydrogens (tertiary/aromatic N) is 1. The molecule has 0 aromatic rings. The molecular formula is C14H30N2O2. The Bertz CT molecular complexity index is 210. The van der Waals surface area contributed by atoms with Gasteiger partial charge in [-0.15, -0.1) is 0 Å². The SMILES string of the molecule is CCOC(CNCC1(N(C)C)CCCC1)OCC. The fraction of sp³-hybridized carbons (Fsp3) is 1.00. The van der Waals surface area contributed by atoms with Crippen LogP contribution < -0.4 is 5.32 Å². The fourth-order valence-corrected chi connectivity index (χ4v) is 2.78. The van der Waals surface area contributed by atoms with Crippen molar-refractivity contribution in [2.45, 2.75) is 51.4 Å². The van der Waals surface area contributed by atoms with E-state index >= 15 is 0 Å². The molecule has 0 radical (unpaired) electrons. The van der Waals surface area contributed by atoms with Crippen LogP contribution in [-0.4, -0.2) is 57.1 Å². The second-order valence-electron chi connectivity index (χ2n) is 5.30. The minimum absolute atomic E-state index is 0.111. The highest BCUT2D eigenvalue weighted by Crippen LogP contribution is 2.32. The first-order chi connectivity index (χ1) is 8.64. The molecule has 0 spiro atoms. The first kappa shape index (κ1) is 15.9. The molecule has 0 aromatic carbocycles. The highest BCUT2D eigenvalue weighted by atomic mass is 16.7. The number of hydrogen-bond donors (Lipinski definition) is 1. The monoisotopic (exact) mass is 258 g/mol. The molecule has 0 saturated heterocycles. The van der Waals surface area contributed by atoms with Gasteiger partial charge in [0.05, 0.1) is 0 Å². The van der Waals surface area contributed by atoms with Gasteiger partial charge in [-0.1, -0.05) is 12.8 Å². The molecular weight excluding hydrogens is 228 g/mol. The van der Waals surface area contributed by atoms with Gasteiger partial charge in [0.1, 0.15) is 0 Å². The van der Waals surface area contributed by atoms with Gasteiger partial charge in [0, 0.05) is 31.8 Å². The van der Waals surface area contributed by atoms with Gasteiger partial charge in [0.15, 0.2) is 6.29 Å². The Hall–Kier alpha value is -0.160. The van der Waals surface area contributed by atoms with Crippen LogP contribution >= 0.6 is 0 Å².